The second-order valence-electron chi connectivity index (χ2n) is 1.92. The van der Waals surface area contributed by atoms with Crippen LogP contribution < -0.4 is 5.73 Å². The van der Waals surface area contributed by atoms with Crippen molar-refractivity contribution < 1.29 is 0 Å². The first-order valence-corrected chi connectivity index (χ1v) is 2.39. The molecule has 2 N–H and O–H groups in total. The lowest BCUT2D eigenvalue weighted by atomic mass is 10.0. The van der Waals surface area contributed by atoms with E-state index in [4.69, 9.17) is 12.2 Å². The SMILES string of the molecule is C#C[C@](C)(N)CC. The van der Waals surface area contributed by atoms with Gasteiger partial charge in [-0.3, -0.25) is 0 Å². The molecule has 7 heavy (non-hydrogen) atoms. The Balaban J connectivity index is 3.66. The van der Waals surface area contributed by atoms with Crippen molar-refractivity contribution in [3.8, 4) is 12.3 Å². The predicted molar refractivity (Wildman–Crippen MR) is 31.7 cm³/mol. The molecule has 0 aromatic heterocycles. The van der Waals surface area contributed by atoms with Gasteiger partial charge in [-0.2, -0.15) is 0 Å². The number of terminal acetylenes is 1. The highest BCUT2D eigenvalue weighted by molar-refractivity contribution is 5.06. The number of nitrogens with two attached hydrogens (primary N) is 1. The first-order chi connectivity index (χ1) is 3.12. The summed E-state index contributed by atoms with van der Waals surface area (Å²) in [5, 5.41) is 0. The molecule has 0 saturated heterocycles. The van der Waals surface area contributed by atoms with Gasteiger partial charge < -0.3 is 5.73 Å². The van der Waals surface area contributed by atoms with Gasteiger partial charge in [-0.1, -0.05) is 12.8 Å². The van der Waals surface area contributed by atoms with Crippen molar-refractivity contribution in [2.45, 2.75) is 25.8 Å². The lowest BCUT2D eigenvalue weighted by Crippen LogP contribution is -2.32. The monoisotopic (exact) mass is 97.1 g/mol. The van der Waals surface area contributed by atoms with Crippen LogP contribution in [0.25, 0.3) is 0 Å². The molecule has 0 rings (SSSR count). The van der Waals surface area contributed by atoms with Crippen LogP contribution in [0.1, 0.15) is 20.3 Å². The molecule has 1 atom stereocenters. The highest BCUT2D eigenvalue weighted by atomic mass is 14.7. The topological polar surface area (TPSA) is 26.0 Å². The summed E-state index contributed by atoms with van der Waals surface area (Å²) < 4.78 is 0. The standard InChI is InChI=1S/C6H11N/c1-4-6(3,7)5-2/h1H,5,7H2,2-3H3/t6-/m0/s1. The maximum absolute atomic E-state index is 5.48. The van der Waals surface area contributed by atoms with Gasteiger partial charge in [-0.15, -0.1) is 6.42 Å². The first-order valence-electron chi connectivity index (χ1n) is 2.39. The summed E-state index contributed by atoms with van der Waals surface area (Å²) >= 11 is 0. The van der Waals surface area contributed by atoms with Gasteiger partial charge in [-0.05, 0) is 13.3 Å². The van der Waals surface area contributed by atoms with Gasteiger partial charge in [0.25, 0.3) is 0 Å². The average molecular weight is 97.2 g/mol. The number of rotatable bonds is 1. The van der Waals surface area contributed by atoms with E-state index in [2.05, 4.69) is 5.92 Å². The van der Waals surface area contributed by atoms with Crippen molar-refractivity contribution in [2.75, 3.05) is 0 Å². The van der Waals surface area contributed by atoms with Crippen LogP contribution in [0.5, 0.6) is 0 Å². The Morgan fingerprint density at radius 1 is 1.86 bits per heavy atom. The maximum Gasteiger partial charge on any atom is 0.0742 e. The molecule has 0 bridgehead atoms. The molecule has 0 heterocycles. The van der Waals surface area contributed by atoms with Gasteiger partial charge in [0.15, 0.2) is 0 Å². The van der Waals surface area contributed by atoms with Crippen LogP contribution in [0.4, 0.5) is 0 Å². The van der Waals surface area contributed by atoms with Gasteiger partial charge in [0, 0.05) is 0 Å². The molecule has 40 valence electrons. The zero-order valence-corrected chi connectivity index (χ0v) is 4.86. The molecule has 0 aliphatic heterocycles. The highest BCUT2D eigenvalue weighted by Crippen LogP contribution is 1.99. The van der Waals surface area contributed by atoms with Gasteiger partial charge in [0.05, 0.1) is 5.54 Å². The first kappa shape index (κ1) is 6.52. The van der Waals surface area contributed by atoms with Crippen molar-refractivity contribution in [3.63, 3.8) is 0 Å². The van der Waals surface area contributed by atoms with Gasteiger partial charge in [0.2, 0.25) is 0 Å². The molecule has 0 aliphatic rings. The summed E-state index contributed by atoms with van der Waals surface area (Å²) in [4.78, 5) is 0. The molecule has 0 aromatic rings. The molecule has 1 nitrogen and oxygen atoms in total. The van der Waals surface area contributed by atoms with Crippen LogP contribution in [-0.2, 0) is 0 Å². The number of hydrogen-bond acceptors (Lipinski definition) is 1. The molecule has 0 aliphatic carbocycles. The molecule has 0 aromatic carbocycles. The van der Waals surface area contributed by atoms with E-state index in [9.17, 15) is 0 Å². The minimum atomic E-state index is -0.389. The van der Waals surface area contributed by atoms with Gasteiger partial charge >= 0.3 is 0 Å². The minimum Gasteiger partial charge on any atom is -0.315 e. The maximum atomic E-state index is 5.48. The summed E-state index contributed by atoms with van der Waals surface area (Å²) in [6.07, 6.45) is 5.88. The Morgan fingerprint density at radius 2 is 2.29 bits per heavy atom. The quantitative estimate of drug-likeness (QED) is 0.480. The van der Waals surface area contributed by atoms with Gasteiger partial charge in [0.1, 0.15) is 0 Å². The van der Waals surface area contributed by atoms with Crippen LogP contribution in [0.2, 0.25) is 0 Å². The second-order valence-corrected chi connectivity index (χ2v) is 1.92. The Morgan fingerprint density at radius 3 is 2.29 bits per heavy atom. The molecule has 0 radical (unpaired) electrons. The zero-order chi connectivity index (χ0) is 5.91. The van der Waals surface area contributed by atoms with Crippen LogP contribution >= 0.6 is 0 Å². The molecule has 0 amide bonds. The van der Waals surface area contributed by atoms with Crippen molar-refractivity contribution in [2.24, 2.45) is 5.73 Å². The zero-order valence-electron chi connectivity index (χ0n) is 4.86. The predicted octanol–water partition coefficient (Wildman–Crippen LogP) is 0.747. The molecule has 0 spiro atoms. The molecular formula is C6H11N. The Bertz CT molecular complexity index is 86.8. The summed E-state index contributed by atoms with van der Waals surface area (Å²) in [7, 11) is 0. The summed E-state index contributed by atoms with van der Waals surface area (Å²) in [5.74, 6) is 2.47. The molecule has 0 unspecified atom stereocenters. The molecule has 0 fully saturated rings. The van der Waals surface area contributed by atoms with Crippen LogP contribution in [0, 0.1) is 12.3 Å². The van der Waals surface area contributed by atoms with E-state index in [-0.39, 0.29) is 5.54 Å². The van der Waals surface area contributed by atoms with Crippen LogP contribution in [0.3, 0.4) is 0 Å². The Kier molecular flexibility index (Phi) is 1.86. The number of hydrogen-bond donors (Lipinski definition) is 1. The van der Waals surface area contributed by atoms with E-state index in [1.807, 2.05) is 13.8 Å². The van der Waals surface area contributed by atoms with E-state index in [0.717, 1.165) is 6.42 Å². The lowest BCUT2D eigenvalue weighted by molar-refractivity contribution is 0.586. The largest absolute Gasteiger partial charge is 0.315 e. The molecule has 0 saturated carbocycles. The van der Waals surface area contributed by atoms with E-state index in [1.165, 1.54) is 0 Å². The van der Waals surface area contributed by atoms with E-state index >= 15 is 0 Å². The van der Waals surface area contributed by atoms with E-state index < -0.39 is 0 Å². The fourth-order valence-electron chi connectivity index (χ4n) is 0.102. The fraction of sp³-hybridized carbons (Fsp3) is 0.667. The van der Waals surface area contributed by atoms with Crippen molar-refractivity contribution in [1.82, 2.24) is 0 Å². The summed E-state index contributed by atoms with van der Waals surface area (Å²) in [6.45, 7) is 3.81. The summed E-state index contributed by atoms with van der Waals surface area (Å²) in [6, 6.07) is 0. The lowest BCUT2D eigenvalue weighted by Gasteiger charge is -2.12. The smallest absolute Gasteiger partial charge is 0.0742 e. The molecule has 1 heteroatoms. The average Bonchev–Trinajstić information content (AvgIpc) is 1.68. The Hall–Kier alpha value is -0.480. The van der Waals surface area contributed by atoms with Gasteiger partial charge in [-0.25, -0.2) is 0 Å². The fourth-order valence-corrected chi connectivity index (χ4v) is 0.102. The minimum absolute atomic E-state index is 0.389. The summed E-state index contributed by atoms with van der Waals surface area (Å²) in [5.41, 5.74) is 5.09. The van der Waals surface area contributed by atoms with E-state index in [1.54, 1.807) is 0 Å². The molecular weight excluding hydrogens is 86.1 g/mol. The van der Waals surface area contributed by atoms with Crippen molar-refractivity contribution >= 4 is 0 Å². The van der Waals surface area contributed by atoms with Crippen molar-refractivity contribution in [1.29, 1.82) is 0 Å². The third-order valence-electron chi connectivity index (χ3n) is 1.06. The van der Waals surface area contributed by atoms with E-state index in [0.29, 0.717) is 0 Å². The van der Waals surface area contributed by atoms with Crippen LogP contribution in [-0.4, -0.2) is 5.54 Å². The van der Waals surface area contributed by atoms with Crippen LogP contribution in [0.15, 0.2) is 0 Å². The highest BCUT2D eigenvalue weighted by Gasteiger charge is 2.08. The Labute approximate surface area is 44.9 Å². The third-order valence-corrected chi connectivity index (χ3v) is 1.06. The third kappa shape index (κ3) is 2.24. The van der Waals surface area contributed by atoms with Crippen molar-refractivity contribution in [3.05, 3.63) is 0 Å². The normalized spacial score (nSPS) is 17.4. The second kappa shape index (κ2) is 1.99.